The molecule has 1 unspecified atom stereocenters. The number of rotatable bonds is 8. The fraction of sp³-hybridized carbons (Fsp3) is 0.632. The molecule has 1 amide bonds. The zero-order valence-electron chi connectivity index (χ0n) is 15.1. The first-order valence-electron chi connectivity index (χ1n) is 8.73. The van der Waals surface area contributed by atoms with Gasteiger partial charge < -0.3 is 20.1 Å². The van der Waals surface area contributed by atoms with Crippen LogP contribution < -0.4 is 15.4 Å². The first-order chi connectivity index (χ1) is 11.6. The van der Waals surface area contributed by atoms with Gasteiger partial charge in [-0.05, 0) is 63.4 Å². The van der Waals surface area contributed by atoms with Crippen molar-refractivity contribution >= 4 is 5.91 Å². The van der Waals surface area contributed by atoms with Gasteiger partial charge in [-0.3, -0.25) is 4.79 Å². The average molecular weight is 334 g/mol. The standard InChI is InChI=1S/C19H30N2O3/c1-15(4-5-16-6-8-17(24-3)9-7-16)21-18(22)19(14-23-2)10-12-20-13-11-19/h6-9,15,20H,4-5,10-14H2,1-3H3,(H,21,22). The highest BCUT2D eigenvalue weighted by Gasteiger charge is 2.39. The minimum absolute atomic E-state index is 0.132. The van der Waals surface area contributed by atoms with Gasteiger partial charge in [-0.1, -0.05) is 12.1 Å². The summed E-state index contributed by atoms with van der Waals surface area (Å²) < 4.78 is 10.5. The van der Waals surface area contributed by atoms with Crippen LogP contribution in [0.1, 0.15) is 31.7 Å². The van der Waals surface area contributed by atoms with E-state index in [0.29, 0.717) is 6.61 Å². The van der Waals surface area contributed by atoms with Gasteiger partial charge in [0, 0.05) is 13.2 Å². The molecule has 134 valence electrons. The number of benzene rings is 1. The quantitative estimate of drug-likeness (QED) is 0.765. The van der Waals surface area contributed by atoms with Crippen molar-refractivity contribution in [3.8, 4) is 5.75 Å². The van der Waals surface area contributed by atoms with Crippen LogP contribution >= 0.6 is 0 Å². The van der Waals surface area contributed by atoms with E-state index in [0.717, 1.165) is 44.5 Å². The number of piperidine rings is 1. The topological polar surface area (TPSA) is 59.6 Å². The molecule has 1 aromatic carbocycles. The highest BCUT2D eigenvalue weighted by Crippen LogP contribution is 2.29. The summed E-state index contributed by atoms with van der Waals surface area (Å²) in [7, 11) is 3.34. The SMILES string of the molecule is COCC1(C(=O)NC(C)CCc2ccc(OC)cc2)CCNCC1. The van der Waals surface area contributed by atoms with E-state index in [1.807, 2.05) is 12.1 Å². The maximum absolute atomic E-state index is 12.8. The molecule has 0 bridgehead atoms. The van der Waals surface area contributed by atoms with Crippen molar-refractivity contribution in [3.05, 3.63) is 29.8 Å². The molecule has 1 aliphatic rings. The first-order valence-corrected chi connectivity index (χ1v) is 8.73. The number of methoxy groups -OCH3 is 2. The first kappa shape index (κ1) is 18.7. The van der Waals surface area contributed by atoms with Crippen LogP contribution in [-0.4, -0.2) is 45.9 Å². The number of hydrogen-bond donors (Lipinski definition) is 2. The Morgan fingerprint density at radius 3 is 2.50 bits per heavy atom. The Labute approximate surface area is 145 Å². The third-order valence-electron chi connectivity index (χ3n) is 4.87. The van der Waals surface area contributed by atoms with E-state index in [4.69, 9.17) is 9.47 Å². The van der Waals surface area contributed by atoms with Crippen LogP contribution in [0.25, 0.3) is 0 Å². The molecule has 5 nitrogen and oxygen atoms in total. The smallest absolute Gasteiger partial charge is 0.228 e. The van der Waals surface area contributed by atoms with Crippen LogP contribution in [-0.2, 0) is 16.0 Å². The van der Waals surface area contributed by atoms with E-state index in [2.05, 4.69) is 29.7 Å². The molecule has 2 N–H and O–H groups in total. The number of nitrogens with one attached hydrogen (secondary N) is 2. The predicted molar refractivity (Wildman–Crippen MR) is 95.3 cm³/mol. The second-order valence-corrected chi connectivity index (χ2v) is 6.72. The summed E-state index contributed by atoms with van der Waals surface area (Å²) >= 11 is 0. The van der Waals surface area contributed by atoms with E-state index in [-0.39, 0.29) is 17.4 Å². The average Bonchev–Trinajstić information content (AvgIpc) is 2.61. The van der Waals surface area contributed by atoms with Crippen molar-refractivity contribution in [1.82, 2.24) is 10.6 Å². The van der Waals surface area contributed by atoms with Gasteiger partial charge in [-0.25, -0.2) is 0 Å². The number of carbonyl (C=O) groups excluding carboxylic acids is 1. The Bertz CT molecular complexity index is 504. The molecule has 0 saturated carbocycles. The minimum Gasteiger partial charge on any atom is -0.497 e. The summed E-state index contributed by atoms with van der Waals surface area (Å²) in [6.07, 6.45) is 3.51. The van der Waals surface area contributed by atoms with E-state index in [9.17, 15) is 4.79 Å². The zero-order chi connectivity index (χ0) is 17.4. The number of hydrogen-bond acceptors (Lipinski definition) is 4. The van der Waals surface area contributed by atoms with Crippen LogP contribution in [0.3, 0.4) is 0 Å². The molecule has 0 spiro atoms. The summed E-state index contributed by atoms with van der Waals surface area (Å²) in [5, 5.41) is 6.51. The zero-order valence-corrected chi connectivity index (χ0v) is 15.1. The van der Waals surface area contributed by atoms with E-state index in [1.54, 1.807) is 14.2 Å². The maximum Gasteiger partial charge on any atom is 0.228 e. The van der Waals surface area contributed by atoms with Crippen molar-refractivity contribution < 1.29 is 14.3 Å². The molecule has 1 fully saturated rings. The second-order valence-electron chi connectivity index (χ2n) is 6.72. The van der Waals surface area contributed by atoms with E-state index >= 15 is 0 Å². The van der Waals surface area contributed by atoms with E-state index < -0.39 is 0 Å². The summed E-state index contributed by atoms with van der Waals surface area (Å²) in [6.45, 7) is 4.31. The Balaban J connectivity index is 1.85. The largest absolute Gasteiger partial charge is 0.497 e. The molecule has 1 heterocycles. The van der Waals surface area contributed by atoms with Crippen LogP contribution in [0.15, 0.2) is 24.3 Å². The van der Waals surface area contributed by atoms with Crippen LogP contribution in [0.2, 0.25) is 0 Å². The van der Waals surface area contributed by atoms with Gasteiger partial charge >= 0.3 is 0 Å². The fourth-order valence-electron chi connectivity index (χ4n) is 3.24. The normalized spacial score (nSPS) is 18.0. The second kappa shape index (κ2) is 9.04. The monoisotopic (exact) mass is 334 g/mol. The van der Waals surface area contributed by atoms with Crippen LogP contribution in [0, 0.1) is 5.41 Å². The molecule has 1 aliphatic heterocycles. The Morgan fingerprint density at radius 1 is 1.25 bits per heavy atom. The summed E-state index contributed by atoms with van der Waals surface area (Å²) in [5.74, 6) is 1.00. The van der Waals surface area contributed by atoms with Crippen molar-refractivity contribution in [3.63, 3.8) is 0 Å². The number of carbonyl (C=O) groups is 1. The summed E-state index contributed by atoms with van der Waals surface area (Å²) in [6, 6.07) is 8.24. The molecule has 2 rings (SSSR count). The minimum atomic E-state index is -0.381. The Hall–Kier alpha value is -1.59. The lowest BCUT2D eigenvalue weighted by atomic mass is 9.78. The van der Waals surface area contributed by atoms with Gasteiger partial charge in [0.1, 0.15) is 5.75 Å². The molecule has 1 atom stereocenters. The lowest BCUT2D eigenvalue weighted by Gasteiger charge is -2.36. The van der Waals surface area contributed by atoms with Gasteiger partial charge in [-0.2, -0.15) is 0 Å². The number of ether oxygens (including phenoxy) is 2. The van der Waals surface area contributed by atoms with Crippen LogP contribution in [0.4, 0.5) is 0 Å². The van der Waals surface area contributed by atoms with Crippen molar-refractivity contribution in [2.24, 2.45) is 5.41 Å². The molecule has 0 radical (unpaired) electrons. The Kier molecular flexibility index (Phi) is 7.06. The third kappa shape index (κ3) is 4.95. The lowest BCUT2D eigenvalue weighted by molar-refractivity contribution is -0.136. The molecule has 5 heteroatoms. The Morgan fingerprint density at radius 2 is 1.92 bits per heavy atom. The van der Waals surface area contributed by atoms with Crippen molar-refractivity contribution in [2.75, 3.05) is 33.9 Å². The van der Waals surface area contributed by atoms with E-state index in [1.165, 1.54) is 5.56 Å². The van der Waals surface area contributed by atoms with Crippen molar-refractivity contribution in [2.45, 2.75) is 38.6 Å². The molecule has 1 aromatic rings. The maximum atomic E-state index is 12.8. The fourth-order valence-corrected chi connectivity index (χ4v) is 3.24. The van der Waals surface area contributed by atoms with Crippen LogP contribution in [0.5, 0.6) is 5.75 Å². The lowest BCUT2D eigenvalue weighted by Crippen LogP contribution is -2.52. The number of amides is 1. The molecular weight excluding hydrogens is 304 g/mol. The highest BCUT2D eigenvalue weighted by atomic mass is 16.5. The predicted octanol–water partition coefficient (Wildman–Crippen LogP) is 2.15. The van der Waals surface area contributed by atoms with Gasteiger partial charge in [-0.15, -0.1) is 0 Å². The molecule has 0 aromatic heterocycles. The summed E-state index contributed by atoms with van der Waals surface area (Å²) in [4.78, 5) is 12.8. The third-order valence-corrected chi connectivity index (χ3v) is 4.87. The molecule has 1 saturated heterocycles. The van der Waals surface area contributed by atoms with Gasteiger partial charge in [0.15, 0.2) is 0 Å². The summed E-state index contributed by atoms with van der Waals surface area (Å²) in [5.41, 5.74) is 0.874. The highest BCUT2D eigenvalue weighted by molar-refractivity contribution is 5.83. The molecule has 24 heavy (non-hydrogen) atoms. The van der Waals surface area contributed by atoms with Gasteiger partial charge in [0.05, 0.1) is 19.1 Å². The van der Waals surface area contributed by atoms with Gasteiger partial charge in [0.25, 0.3) is 0 Å². The molecule has 0 aliphatic carbocycles. The molecular formula is C19H30N2O3. The van der Waals surface area contributed by atoms with Crippen molar-refractivity contribution in [1.29, 1.82) is 0 Å². The van der Waals surface area contributed by atoms with Gasteiger partial charge in [0.2, 0.25) is 5.91 Å². The number of aryl methyl sites for hydroxylation is 1.